The van der Waals surface area contributed by atoms with Gasteiger partial charge in [0.15, 0.2) is 0 Å². The summed E-state index contributed by atoms with van der Waals surface area (Å²) in [5.74, 6) is -1.89. The Morgan fingerprint density at radius 3 is 1.20 bits per heavy atom. The Bertz CT molecular complexity index is 142. The molecule has 0 aromatic rings. The van der Waals surface area contributed by atoms with Crippen molar-refractivity contribution in [3.63, 3.8) is 0 Å². The second kappa shape index (κ2) is 16.8. The van der Waals surface area contributed by atoms with Gasteiger partial charge >= 0.3 is 45.5 Å². The maximum atomic E-state index is 9.65. The summed E-state index contributed by atoms with van der Waals surface area (Å²) in [6, 6.07) is 0. The van der Waals surface area contributed by atoms with Crippen LogP contribution in [-0.4, -0.2) is 57.4 Å². The van der Waals surface area contributed by atoms with Gasteiger partial charge in [0, 0.05) is 11.9 Å². The number of unbranched alkanes of at least 4 members (excludes halogenated alkanes) is 2. The fraction of sp³-hybridized carbons (Fsp3) is 0.800. The normalized spacial score (nSPS) is 8.13. The molecule has 0 aliphatic carbocycles. The number of carbonyl (C=O) groups excluding carboxylic acids is 2. The zero-order chi connectivity index (χ0) is 11.4. The average molecular weight is 290 g/mol. The van der Waals surface area contributed by atoms with Crippen LogP contribution in [0.1, 0.15) is 52.4 Å². The quantitative estimate of drug-likeness (QED) is 0.616. The first-order valence-corrected chi connectivity index (χ1v) is 4.94. The van der Waals surface area contributed by atoms with Crippen molar-refractivity contribution in [2.45, 2.75) is 52.4 Å². The van der Waals surface area contributed by atoms with E-state index in [1.54, 1.807) is 0 Å². The van der Waals surface area contributed by atoms with Crippen molar-refractivity contribution in [1.82, 2.24) is 0 Å². The summed E-state index contributed by atoms with van der Waals surface area (Å²) in [6.45, 7) is 3.89. The third-order valence-corrected chi connectivity index (χ3v) is 1.47. The molecule has 0 saturated carbocycles. The number of carboxylic acid groups (broad SMARTS) is 2. The molecule has 0 unspecified atom stereocenters. The minimum Gasteiger partial charge on any atom is -0.550 e. The second-order valence-corrected chi connectivity index (χ2v) is 2.95. The van der Waals surface area contributed by atoms with E-state index in [0.717, 1.165) is 25.7 Å². The van der Waals surface area contributed by atoms with E-state index in [-0.39, 0.29) is 58.3 Å². The van der Waals surface area contributed by atoms with Gasteiger partial charge in [-0.2, -0.15) is 0 Å². The van der Waals surface area contributed by atoms with E-state index in [0.29, 0.717) is 0 Å². The molecular weight excluding hydrogens is 272 g/mol. The van der Waals surface area contributed by atoms with Crippen LogP contribution in [0.4, 0.5) is 0 Å². The number of rotatable bonds is 6. The molecule has 0 aliphatic heterocycles. The molecular formula is C10H18O4Sr. The van der Waals surface area contributed by atoms with Gasteiger partial charge in [0.2, 0.25) is 0 Å². The minimum atomic E-state index is -0.943. The van der Waals surface area contributed by atoms with Gasteiger partial charge in [0.05, 0.1) is 0 Å². The summed E-state index contributed by atoms with van der Waals surface area (Å²) in [5.41, 5.74) is 0. The molecule has 0 aromatic heterocycles. The van der Waals surface area contributed by atoms with Gasteiger partial charge in [-0.15, -0.1) is 0 Å². The van der Waals surface area contributed by atoms with Crippen LogP contribution < -0.4 is 10.2 Å². The standard InChI is InChI=1S/2C5H10O2.Sr/c2*1-2-3-4-5(6)7;/h2*2-4H2,1H3,(H,6,7);/q;;+2/p-2. The molecule has 0 saturated heterocycles. The number of hydrogen-bond donors (Lipinski definition) is 0. The van der Waals surface area contributed by atoms with Crippen molar-refractivity contribution in [1.29, 1.82) is 0 Å². The maximum Gasteiger partial charge on any atom is 2.00 e. The van der Waals surface area contributed by atoms with E-state index in [9.17, 15) is 19.8 Å². The summed E-state index contributed by atoms with van der Waals surface area (Å²) in [7, 11) is 0. The first-order valence-electron chi connectivity index (χ1n) is 4.94. The SMILES string of the molecule is CCCCC(=O)[O-].CCCCC(=O)[O-].[Sr+2]. The maximum absolute atomic E-state index is 9.65. The van der Waals surface area contributed by atoms with Crippen LogP contribution in [0.3, 0.4) is 0 Å². The smallest absolute Gasteiger partial charge is 0.550 e. The number of aliphatic carboxylic acids is 2. The number of hydrogen-bond acceptors (Lipinski definition) is 4. The van der Waals surface area contributed by atoms with Crippen LogP contribution in [0.15, 0.2) is 0 Å². The molecule has 0 aromatic carbocycles. The van der Waals surface area contributed by atoms with Crippen molar-refractivity contribution in [2.75, 3.05) is 0 Å². The topological polar surface area (TPSA) is 80.3 Å². The van der Waals surface area contributed by atoms with Crippen molar-refractivity contribution < 1.29 is 19.8 Å². The van der Waals surface area contributed by atoms with Crippen molar-refractivity contribution in [2.24, 2.45) is 0 Å². The molecule has 0 rings (SSSR count). The van der Waals surface area contributed by atoms with Crippen molar-refractivity contribution >= 4 is 57.4 Å². The number of carbonyl (C=O) groups is 2. The van der Waals surface area contributed by atoms with E-state index in [1.807, 2.05) is 13.8 Å². The van der Waals surface area contributed by atoms with Gasteiger partial charge in [-0.3, -0.25) is 0 Å². The fourth-order valence-electron chi connectivity index (χ4n) is 0.642. The second-order valence-electron chi connectivity index (χ2n) is 2.95. The van der Waals surface area contributed by atoms with Crippen LogP contribution >= 0.6 is 0 Å². The van der Waals surface area contributed by atoms with Gasteiger partial charge in [-0.1, -0.05) is 26.7 Å². The molecule has 5 heteroatoms. The third-order valence-electron chi connectivity index (χ3n) is 1.47. The Hall–Kier alpha value is 0.421. The molecule has 4 nitrogen and oxygen atoms in total. The Kier molecular flexibility index (Phi) is 23.3. The molecule has 84 valence electrons. The van der Waals surface area contributed by atoms with Crippen LogP contribution in [0.5, 0.6) is 0 Å². The average Bonchev–Trinajstić information content (AvgIpc) is 2.12. The Labute approximate surface area is 128 Å². The molecule has 0 aliphatic rings. The summed E-state index contributed by atoms with van der Waals surface area (Å²) in [6.07, 6.45) is 3.74. The van der Waals surface area contributed by atoms with E-state index in [4.69, 9.17) is 0 Å². The summed E-state index contributed by atoms with van der Waals surface area (Å²) in [5, 5.41) is 19.3. The summed E-state index contributed by atoms with van der Waals surface area (Å²) in [4.78, 5) is 19.3. The number of carboxylic acids is 2. The van der Waals surface area contributed by atoms with E-state index < -0.39 is 11.9 Å². The van der Waals surface area contributed by atoms with Gasteiger partial charge in [-0.25, -0.2) is 0 Å². The van der Waals surface area contributed by atoms with Crippen LogP contribution in [0.2, 0.25) is 0 Å². The largest absolute Gasteiger partial charge is 2.00 e. The first kappa shape index (κ1) is 20.8. The third kappa shape index (κ3) is 31.4. The Morgan fingerprint density at radius 2 is 1.13 bits per heavy atom. The van der Waals surface area contributed by atoms with Crippen LogP contribution in [0, 0.1) is 0 Å². The van der Waals surface area contributed by atoms with Crippen molar-refractivity contribution in [3.05, 3.63) is 0 Å². The predicted molar refractivity (Wildman–Crippen MR) is 54.8 cm³/mol. The van der Waals surface area contributed by atoms with Gasteiger partial charge in [0.1, 0.15) is 0 Å². The van der Waals surface area contributed by atoms with E-state index in [1.165, 1.54) is 0 Å². The van der Waals surface area contributed by atoms with Crippen LogP contribution in [0.25, 0.3) is 0 Å². The molecule has 0 fully saturated rings. The Morgan fingerprint density at radius 1 is 0.867 bits per heavy atom. The van der Waals surface area contributed by atoms with Gasteiger partial charge in [-0.05, 0) is 25.7 Å². The molecule has 0 N–H and O–H groups in total. The molecule has 15 heavy (non-hydrogen) atoms. The van der Waals surface area contributed by atoms with Gasteiger partial charge in [0.25, 0.3) is 0 Å². The zero-order valence-electron chi connectivity index (χ0n) is 9.58. The van der Waals surface area contributed by atoms with Crippen LogP contribution in [-0.2, 0) is 9.59 Å². The van der Waals surface area contributed by atoms with Gasteiger partial charge < -0.3 is 19.8 Å². The zero-order valence-corrected chi connectivity index (χ0v) is 13.1. The molecule has 0 amide bonds. The molecule has 0 heterocycles. The monoisotopic (exact) mass is 290 g/mol. The predicted octanol–water partition coefficient (Wildman–Crippen LogP) is -0.528. The first-order chi connectivity index (χ1) is 6.54. The van der Waals surface area contributed by atoms with Crippen molar-refractivity contribution in [3.8, 4) is 0 Å². The molecule has 0 atom stereocenters. The molecule has 0 bridgehead atoms. The summed E-state index contributed by atoms with van der Waals surface area (Å²) >= 11 is 0. The Balaban J connectivity index is -0.000000180. The minimum absolute atomic E-state index is 0. The molecule has 0 radical (unpaired) electrons. The molecule has 0 spiro atoms. The fourth-order valence-corrected chi connectivity index (χ4v) is 0.642. The van der Waals surface area contributed by atoms with E-state index in [2.05, 4.69) is 0 Å². The summed E-state index contributed by atoms with van der Waals surface area (Å²) < 4.78 is 0. The van der Waals surface area contributed by atoms with E-state index >= 15 is 0 Å².